The number of carboxylic acid groups (broad SMARTS) is 1. The summed E-state index contributed by atoms with van der Waals surface area (Å²) in [6.07, 6.45) is 6.63. The highest BCUT2D eigenvalue weighted by atomic mass is 16.4. The van der Waals surface area contributed by atoms with Gasteiger partial charge in [0.05, 0.1) is 5.92 Å². The molecular weight excluding hydrogens is 206 g/mol. The molecule has 4 heteroatoms. The predicted molar refractivity (Wildman–Crippen MR) is 58.9 cm³/mol. The molecule has 90 valence electrons. The van der Waals surface area contributed by atoms with E-state index in [2.05, 4.69) is 0 Å². The van der Waals surface area contributed by atoms with E-state index in [4.69, 9.17) is 5.11 Å². The summed E-state index contributed by atoms with van der Waals surface area (Å²) >= 11 is 0. The second kappa shape index (κ2) is 4.85. The van der Waals surface area contributed by atoms with Gasteiger partial charge in [-0.15, -0.1) is 0 Å². The Hall–Kier alpha value is -1.06. The van der Waals surface area contributed by atoms with Gasteiger partial charge in [-0.3, -0.25) is 9.59 Å². The van der Waals surface area contributed by atoms with Crippen molar-refractivity contribution in [2.45, 2.75) is 51.0 Å². The number of likely N-dealkylation sites (tertiary alicyclic amines) is 1. The molecule has 1 saturated carbocycles. The Morgan fingerprint density at radius 2 is 1.88 bits per heavy atom. The van der Waals surface area contributed by atoms with E-state index in [9.17, 15) is 9.59 Å². The Kier molecular flexibility index (Phi) is 3.46. The monoisotopic (exact) mass is 225 g/mol. The van der Waals surface area contributed by atoms with Crippen LogP contribution in [0.5, 0.6) is 0 Å². The number of carboxylic acids is 1. The quantitative estimate of drug-likeness (QED) is 0.777. The first-order valence-electron chi connectivity index (χ1n) is 6.21. The third-order valence-electron chi connectivity index (χ3n) is 3.81. The highest BCUT2D eigenvalue weighted by Gasteiger charge is 2.34. The largest absolute Gasteiger partial charge is 0.481 e. The van der Waals surface area contributed by atoms with Crippen LogP contribution in [0.2, 0.25) is 0 Å². The number of piperidine rings is 1. The highest BCUT2D eigenvalue weighted by molar-refractivity contribution is 5.80. The van der Waals surface area contributed by atoms with Crippen LogP contribution in [0.4, 0.5) is 0 Å². The summed E-state index contributed by atoms with van der Waals surface area (Å²) in [6.45, 7) is 0.429. The Morgan fingerprint density at radius 3 is 2.50 bits per heavy atom. The van der Waals surface area contributed by atoms with Crippen LogP contribution in [0.1, 0.15) is 44.9 Å². The van der Waals surface area contributed by atoms with Crippen molar-refractivity contribution in [3.63, 3.8) is 0 Å². The van der Waals surface area contributed by atoms with Crippen LogP contribution in [0.3, 0.4) is 0 Å². The molecule has 0 spiro atoms. The van der Waals surface area contributed by atoms with Gasteiger partial charge in [-0.25, -0.2) is 0 Å². The minimum Gasteiger partial charge on any atom is -0.481 e. The highest BCUT2D eigenvalue weighted by Crippen LogP contribution is 2.27. The van der Waals surface area contributed by atoms with Crippen molar-refractivity contribution in [1.29, 1.82) is 0 Å². The van der Waals surface area contributed by atoms with E-state index < -0.39 is 5.97 Å². The first kappa shape index (κ1) is 11.4. The molecule has 0 aromatic rings. The van der Waals surface area contributed by atoms with Crippen LogP contribution in [0.25, 0.3) is 0 Å². The van der Waals surface area contributed by atoms with Gasteiger partial charge < -0.3 is 10.0 Å². The number of hydrogen-bond acceptors (Lipinski definition) is 2. The topological polar surface area (TPSA) is 57.6 Å². The molecule has 1 unspecified atom stereocenters. The molecule has 0 aromatic carbocycles. The van der Waals surface area contributed by atoms with Crippen molar-refractivity contribution in [3.05, 3.63) is 0 Å². The summed E-state index contributed by atoms with van der Waals surface area (Å²) in [5.41, 5.74) is 0. The Bertz CT molecular complexity index is 284. The molecule has 2 fully saturated rings. The molecule has 1 aliphatic heterocycles. The van der Waals surface area contributed by atoms with Gasteiger partial charge in [0.1, 0.15) is 0 Å². The average Bonchev–Trinajstić information content (AvgIpc) is 2.30. The van der Waals surface area contributed by atoms with Gasteiger partial charge in [0.25, 0.3) is 0 Å². The average molecular weight is 225 g/mol. The fourth-order valence-electron chi connectivity index (χ4n) is 2.82. The molecule has 0 bridgehead atoms. The van der Waals surface area contributed by atoms with Crippen LogP contribution in [0.15, 0.2) is 0 Å². The maximum absolute atomic E-state index is 11.8. The molecule has 0 radical (unpaired) electrons. The van der Waals surface area contributed by atoms with Gasteiger partial charge in [-0.1, -0.05) is 19.3 Å². The molecule has 1 aliphatic carbocycles. The van der Waals surface area contributed by atoms with Crippen LogP contribution in [-0.4, -0.2) is 34.5 Å². The van der Waals surface area contributed by atoms with Crippen LogP contribution in [0, 0.1) is 5.92 Å². The lowest BCUT2D eigenvalue weighted by Gasteiger charge is -2.38. The smallest absolute Gasteiger partial charge is 0.308 e. The zero-order valence-electron chi connectivity index (χ0n) is 9.52. The minimum atomic E-state index is -0.756. The number of carbonyl (C=O) groups excluding carboxylic acids is 1. The van der Waals surface area contributed by atoms with E-state index in [0.29, 0.717) is 25.4 Å². The van der Waals surface area contributed by atoms with E-state index in [0.717, 1.165) is 12.8 Å². The van der Waals surface area contributed by atoms with E-state index in [-0.39, 0.29) is 11.8 Å². The first-order chi connectivity index (χ1) is 7.68. The van der Waals surface area contributed by atoms with Crippen molar-refractivity contribution in [3.8, 4) is 0 Å². The molecular formula is C12H19NO3. The molecule has 1 saturated heterocycles. The van der Waals surface area contributed by atoms with E-state index in [1.807, 2.05) is 4.90 Å². The van der Waals surface area contributed by atoms with Gasteiger partial charge in [-0.05, 0) is 19.3 Å². The number of rotatable bonds is 2. The zero-order valence-corrected chi connectivity index (χ0v) is 9.52. The Balaban J connectivity index is 1.99. The van der Waals surface area contributed by atoms with Gasteiger partial charge in [0, 0.05) is 19.0 Å². The summed E-state index contributed by atoms with van der Waals surface area (Å²) in [7, 11) is 0. The second-order valence-electron chi connectivity index (χ2n) is 4.91. The summed E-state index contributed by atoms with van der Waals surface area (Å²) in [4.78, 5) is 24.6. The number of nitrogens with zero attached hydrogens (tertiary/aromatic N) is 1. The predicted octanol–water partition coefficient (Wildman–Crippen LogP) is 1.64. The van der Waals surface area contributed by atoms with Crippen molar-refractivity contribution in [1.82, 2.24) is 4.90 Å². The molecule has 16 heavy (non-hydrogen) atoms. The van der Waals surface area contributed by atoms with Gasteiger partial charge in [0.15, 0.2) is 0 Å². The van der Waals surface area contributed by atoms with Crippen molar-refractivity contribution < 1.29 is 14.7 Å². The molecule has 1 amide bonds. The lowest BCUT2D eigenvalue weighted by Crippen LogP contribution is -2.48. The third kappa shape index (κ3) is 2.36. The SMILES string of the molecule is O=C(O)C1CCC(=O)N(C2CCCCC2)C1. The molecule has 0 aromatic heterocycles. The number of amides is 1. The number of aliphatic carboxylic acids is 1. The van der Waals surface area contributed by atoms with Gasteiger partial charge in [-0.2, -0.15) is 0 Å². The first-order valence-corrected chi connectivity index (χ1v) is 6.21. The molecule has 2 rings (SSSR count). The van der Waals surface area contributed by atoms with Crippen LogP contribution >= 0.6 is 0 Å². The molecule has 1 atom stereocenters. The minimum absolute atomic E-state index is 0.157. The Morgan fingerprint density at radius 1 is 1.19 bits per heavy atom. The van der Waals surface area contributed by atoms with Crippen molar-refractivity contribution in [2.75, 3.05) is 6.54 Å². The molecule has 4 nitrogen and oxygen atoms in total. The van der Waals surface area contributed by atoms with E-state index >= 15 is 0 Å². The third-order valence-corrected chi connectivity index (χ3v) is 3.81. The summed E-state index contributed by atoms with van der Waals surface area (Å²) in [6, 6.07) is 0.309. The van der Waals surface area contributed by atoms with Gasteiger partial charge in [0.2, 0.25) is 5.91 Å². The Labute approximate surface area is 95.6 Å². The zero-order chi connectivity index (χ0) is 11.5. The maximum atomic E-state index is 11.8. The lowest BCUT2D eigenvalue weighted by atomic mass is 9.90. The fraction of sp³-hybridized carbons (Fsp3) is 0.833. The molecule has 2 aliphatic rings. The van der Waals surface area contributed by atoms with Crippen LogP contribution in [-0.2, 0) is 9.59 Å². The summed E-state index contributed by atoms with van der Waals surface area (Å²) in [5, 5.41) is 9.00. The standard InChI is InChI=1S/C12H19NO3/c14-11-7-6-9(12(15)16)8-13(11)10-4-2-1-3-5-10/h9-10H,1-8H2,(H,15,16). The summed E-state index contributed by atoms with van der Waals surface area (Å²) in [5.74, 6) is -0.947. The molecule has 1 heterocycles. The normalized spacial score (nSPS) is 28.1. The fourth-order valence-corrected chi connectivity index (χ4v) is 2.82. The maximum Gasteiger partial charge on any atom is 0.308 e. The van der Waals surface area contributed by atoms with Crippen molar-refractivity contribution >= 4 is 11.9 Å². The van der Waals surface area contributed by atoms with Crippen LogP contribution < -0.4 is 0 Å². The number of hydrogen-bond donors (Lipinski definition) is 1. The van der Waals surface area contributed by atoms with E-state index in [1.54, 1.807) is 0 Å². The van der Waals surface area contributed by atoms with E-state index in [1.165, 1.54) is 19.3 Å². The molecule has 1 N–H and O–H groups in total. The second-order valence-corrected chi connectivity index (χ2v) is 4.91. The lowest BCUT2D eigenvalue weighted by molar-refractivity contribution is -0.149. The van der Waals surface area contributed by atoms with Gasteiger partial charge >= 0.3 is 5.97 Å². The van der Waals surface area contributed by atoms with Crippen molar-refractivity contribution in [2.24, 2.45) is 5.92 Å². The number of carbonyl (C=O) groups is 2. The summed E-state index contributed by atoms with van der Waals surface area (Å²) < 4.78 is 0.